The number of anilines is 1. The molecule has 0 fully saturated rings. The van der Waals surface area contributed by atoms with E-state index in [1.165, 1.54) is 12.3 Å². The summed E-state index contributed by atoms with van der Waals surface area (Å²) in [6.07, 6.45) is -1.22. The quantitative estimate of drug-likeness (QED) is 0.412. The molecule has 0 unspecified atom stereocenters. The topological polar surface area (TPSA) is 115 Å². The number of pyridine rings is 1. The van der Waals surface area contributed by atoms with Crippen LogP contribution in [0.2, 0.25) is 5.02 Å². The van der Waals surface area contributed by atoms with E-state index in [2.05, 4.69) is 25.3 Å². The Balaban J connectivity index is 1.68. The van der Waals surface area contributed by atoms with Crippen LogP contribution in [-0.2, 0) is 6.18 Å². The van der Waals surface area contributed by atoms with E-state index in [-0.39, 0.29) is 52.4 Å². The average molecular weight is 512 g/mol. The molecule has 0 bridgehead atoms. The molecule has 34 heavy (non-hydrogen) atoms. The van der Waals surface area contributed by atoms with Crippen LogP contribution < -0.4 is 5.32 Å². The molecule has 1 atom stereocenters. The molecule has 1 N–H and O–H groups in total. The number of nitrogens with one attached hydrogen (secondary N) is 1. The molecule has 3 aromatic heterocycles. The standard InChI is InChI=1S/C21H17ClF3N5O3S/c1-3-15(31)13-6-14(29-9-28-13)16(32)4-10(2)20-27-8-17(34-20)19(33)30-18-5-11(21(23,24)25)12(22)7-26-18/h5-10H,3-4H2,1-2H3,(H,26,30,33)/t10-/m0/s1. The van der Waals surface area contributed by atoms with Gasteiger partial charge in [0.25, 0.3) is 5.91 Å². The predicted octanol–water partition coefficient (Wildman–Crippen LogP) is 5.22. The van der Waals surface area contributed by atoms with Crippen molar-refractivity contribution in [3.8, 4) is 0 Å². The number of hydrogen-bond acceptors (Lipinski definition) is 8. The number of nitrogens with zero attached hydrogens (tertiary/aromatic N) is 4. The third-order valence-electron chi connectivity index (χ3n) is 4.62. The fourth-order valence-electron chi connectivity index (χ4n) is 2.84. The summed E-state index contributed by atoms with van der Waals surface area (Å²) in [5.41, 5.74) is -0.862. The number of ketones is 2. The molecule has 1 amide bonds. The van der Waals surface area contributed by atoms with Crippen LogP contribution in [0.15, 0.2) is 30.9 Å². The van der Waals surface area contributed by atoms with Gasteiger partial charge in [-0.15, -0.1) is 11.3 Å². The normalized spacial score (nSPS) is 12.3. The van der Waals surface area contributed by atoms with Crippen LogP contribution >= 0.6 is 22.9 Å². The lowest BCUT2D eigenvalue weighted by Gasteiger charge is -2.10. The Labute approximate surface area is 200 Å². The van der Waals surface area contributed by atoms with Crippen LogP contribution in [0.1, 0.15) is 73.8 Å². The molecule has 0 aliphatic heterocycles. The van der Waals surface area contributed by atoms with Crippen LogP contribution in [0.3, 0.4) is 0 Å². The summed E-state index contributed by atoms with van der Waals surface area (Å²) in [4.78, 5) is 52.6. The van der Waals surface area contributed by atoms with Crippen LogP contribution in [0, 0.1) is 0 Å². The summed E-state index contributed by atoms with van der Waals surface area (Å²) in [5.74, 6) is -1.95. The molecule has 0 aliphatic carbocycles. The van der Waals surface area contributed by atoms with Crippen molar-refractivity contribution in [2.45, 2.75) is 38.8 Å². The Kier molecular flexibility index (Phi) is 7.72. The lowest BCUT2D eigenvalue weighted by atomic mass is 10.0. The highest BCUT2D eigenvalue weighted by molar-refractivity contribution is 7.13. The van der Waals surface area contributed by atoms with Crippen LogP contribution in [0.25, 0.3) is 0 Å². The van der Waals surface area contributed by atoms with Gasteiger partial charge in [0.1, 0.15) is 28.4 Å². The highest BCUT2D eigenvalue weighted by Crippen LogP contribution is 2.35. The molecule has 0 saturated heterocycles. The van der Waals surface area contributed by atoms with E-state index in [9.17, 15) is 27.6 Å². The molecule has 3 heterocycles. The van der Waals surface area contributed by atoms with E-state index in [1.807, 2.05) is 0 Å². The Morgan fingerprint density at radius 3 is 2.38 bits per heavy atom. The molecule has 8 nitrogen and oxygen atoms in total. The number of carbonyl (C=O) groups is 3. The zero-order chi connectivity index (χ0) is 25.0. The van der Waals surface area contributed by atoms with Crippen molar-refractivity contribution in [2.24, 2.45) is 0 Å². The predicted molar refractivity (Wildman–Crippen MR) is 118 cm³/mol. The van der Waals surface area contributed by atoms with E-state index in [4.69, 9.17) is 11.6 Å². The van der Waals surface area contributed by atoms with Gasteiger partial charge in [0.05, 0.1) is 21.8 Å². The second-order valence-corrected chi connectivity index (χ2v) is 8.63. The fourth-order valence-corrected chi connectivity index (χ4v) is 3.91. The van der Waals surface area contributed by atoms with Gasteiger partial charge >= 0.3 is 6.18 Å². The van der Waals surface area contributed by atoms with Crippen molar-refractivity contribution >= 4 is 46.2 Å². The molecule has 3 aromatic rings. The monoisotopic (exact) mass is 511 g/mol. The van der Waals surface area contributed by atoms with Crippen molar-refractivity contribution in [3.05, 3.63) is 62.7 Å². The molecule has 0 aromatic carbocycles. The number of amides is 1. The molecule has 0 spiro atoms. The van der Waals surface area contributed by atoms with Gasteiger partial charge in [-0.2, -0.15) is 13.2 Å². The number of carbonyl (C=O) groups excluding carboxylic acids is 3. The Morgan fingerprint density at radius 2 is 1.74 bits per heavy atom. The molecule has 178 valence electrons. The summed E-state index contributed by atoms with van der Waals surface area (Å²) in [6.45, 7) is 3.41. The van der Waals surface area contributed by atoms with Gasteiger partial charge < -0.3 is 5.32 Å². The lowest BCUT2D eigenvalue weighted by molar-refractivity contribution is -0.137. The van der Waals surface area contributed by atoms with Crippen LogP contribution in [-0.4, -0.2) is 37.4 Å². The summed E-state index contributed by atoms with van der Waals surface area (Å²) in [5, 5.41) is 2.17. The number of halogens is 4. The second kappa shape index (κ2) is 10.3. The largest absolute Gasteiger partial charge is 0.418 e. The van der Waals surface area contributed by atoms with E-state index in [0.717, 1.165) is 23.9 Å². The fraction of sp³-hybridized carbons (Fsp3) is 0.286. The maximum absolute atomic E-state index is 13.0. The zero-order valence-electron chi connectivity index (χ0n) is 17.8. The van der Waals surface area contributed by atoms with E-state index >= 15 is 0 Å². The van der Waals surface area contributed by atoms with Gasteiger partial charge in [-0.3, -0.25) is 14.4 Å². The molecular formula is C21H17ClF3N5O3S. The third-order valence-corrected chi connectivity index (χ3v) is 6.15. The first-order valence-corrected chi connectivity index (χ1v) is 11.1. The van der Waals surface area contributed by atoms with E-state index in [0.29, 0.717) is 11.1 Å². The Bertz CT molecular complexity index is 1250. The second-order valence-electron chi connectivity index (χ2n) is 7.16. The van der Waals surface area contributed by atoms with E-state index in [1.54, 1.807) is 13.8 Å². The average Bonchev–Trinajstić information content (AvgIpc) is 3.30. The summed E-state index contributed by atoms with van der Waals surface area (Å²) < 4.78 is 39.0. The summed E-state index contributed by atoms with van der Waals surface area (Å²) in [7, 11) is 0. The first-order chi connectivity index (χ1) is 16.0. The highest BCUT2D eigenvalue weighted by atomic mass is 35.5. The number of thiazole rings is 1. The minimum absolute atomic E-state index is 0.0129. The van der Waals surface area contributed by atoms with Gasteiger partial charge in [-0.05, 0) is 12.1 Å². The van der Waals surface area contributed by atoms with Crippen molar-refractivity contribution < 1.29 is 27.6 Å². The molecule has 13 heteroatoms. The highest BCUT2D eigenvalue weighted by Gasteiger charge is 2.34. The molecule has 0 radical (unpaired) electrons. The van der Waals surface area contributed by atoms with Crippen molar-refractivity contribution in [2.75, 3.05) is 5.32 Å². The molecule has 0 aliphatic rings. The summed E-state index contributed by atoms with van der Waals surface area (Å²) in [6, 6.07) is 1.98. The summed E-state index contributed by atoms with van der Waals surface area (Å²) >= 11 is 6.53. The van der Waals surface area contributed by atoms with Gasteiger partial charge in [0.15, 0.2) is 11.6 Å². The molecule has 0 saturated carbocycles. The number of hydrogen-bond donors (Lipinski definition) is 1. The first kappa shape index (κ1) is 25.4. The first-order valence-electron chi connectivity index (χ1n) is 9.87. The van der Waals surface area contributed by atoms with Gasteiger partial charge in [-0.1, -0.05) is 25.4 Å². The SMILES string of the molecule is CCC(=O)c1cc(C(=O)C[C@H](C)c2ncc(C(=O)Nc3cc(C(F)(F)F)c(Cl)cn3)s2)ncn1. The van der Waals surface area contributed by atoms with Crippen molar-refractivity contribution in [3.63, 3.8) is 0 Å². The number of alkyl halides is 3. The van der Waals surface area contributed by atoms with Crippen molar-refractivity contribution in [1.29, 1.82) is 0 Å². The Hall–Kier alpha value is -3.25. The zero-order valence-corrected chi connectivity index (χ0v) is 19.4. The number of rotatable bonds is 8. The van der Waals surface area contributed by atoms with Crippen LogP contribution in [0.5, 0.6) is 0 Å². The van der Waals surface area contributed by atoms with Crippen LogP contribution in [0.4, 0.5) is 19.0 Å². The number of Topliss-reactive ketones (excluding diaryl/α,β-unsaturated/α-hetero) is 2. The third kappa shape index (κ3) is 6.00. The molecule has 3 rings (SSSR count). The molecular weight excluding hydrogens is 495 g/mol. The Morgan fingerprint density at radius 1 is 1.06 bits per heavy atom. The van der Waals surface area contributed by atoms with Gasteiger partial charge in [0, 0.05) is 25.0 Å². The van der Waals surface area contributed by atoms with E-state index < -0.39 is 22.7 Å². The lowest BCUT2D eigenvalue weighted by Crippen LogP contribution is -2.13. The smallest absolute Gasteiger partial charge is 0.306 e. The maximum atomic E-state index is 13.0. The van der Waals surface area contributed by atoms with Gasteiger partial charge in [-0.25, -0.2) is 19.9 Å². The maximum Gasteiger partial charge on any atom is 0.418 e. The number of aromatic nitrogens is 4. The van der Waals surface area contributed by atoms with Crippen molar-refractivity contribution in [1.82, 2.24) is 19.9 Å². The minimum Gasteiger partial charge on any atom is -0.306 e. The minimum atomic E-state index is -4.70. The van der Waals surface area contributed by atoms with Gasteiger partial charge in [0.2, 0.25) is 0 Å².